The summed E-state index contributed by atoms with van der Waals surface area (Å²) < 4.78 is 90.9. The number of rotatable bonds is 6. The molecule has 0 bridgehead atoms. The Bertz CT molecular complexity index is 1500. The highest BCUT2D eigenvalue weighted by Gasteiger charge is 2.39. The second-order valence-corrected chi connectivity index (χ2v) is 7.51. The summed E-state index contributed by atoms with van der Waals surface area (Å²) in [5, 5.41) is 4.27. The van der Waals surface area contributed by atoms with Gasteiger partial charge in [-0.3, -0.25) is 24.6 Å². The molecule has 2 saturated heterocycles. The van der Waals surface area contributed by atoms with E-state index in [1.165, 1.54) is 41.3 Å². The number of anilines is 1. The van der Waals surface area contributed by atoms with Crippen molar-refractivity contribution < 1.29 is 32.8 Å². The Morgan fingerprint density at radius 2 is 1.88 bits per heavy atom. The number of benzene rings is 2. The van der Waals surface area contributed by atoms with E-state index in [4.69, 9.17) is 18.4 Å². The van der Waals surface area contributed by atoms with Gasteiger partial charge in [0.25, 0.3) is 5.91 Å². The molecule has 1 unspecified atom stereocenters. The number of morpholine rings is 1. The van der Waals surface area contributed by atoms with Crippen LogP contribution in [0.15, 0.2) is 42.5 Å². The number of carbonyl (C=O) groups is 3. The van der Waals surface area contributed by atoms with Crippen LogP contribution in [0.2, 0.25) is 0 Å². The summed E-state index contributed by atoms with van der Waals surface area (Å²) in [6.45, 7) is -6.48. The maximum Gasteiger partial charge on any atom is 0.255 e. The Morgan fingerprint density at radius 3 is 2.70 bits per heavy atom. The predicted octanol–water partition coefficient (Wildman–Crippen LogP) is 1.89. The molecule has 3 heterocycles. The largest absolute Gasteiger partial charge is 0.381 e. The molecular weight excluding hydrogens is 420 g/mol. The normalized spacial score (nSPS) is 31.1. The summed E-state index contributed by atoms with van der Waals surface area (Å²) >= 11 is 0. The predicted molar refractivity (Wildman–Crippen MR) is 122 cm³/mol. The van der Waals surface area contributed by atoms with E-state index in [9.17, 15) is 14.4 Å². The SMILES string of the molecule is [2H]C([2H])(Nc1cccc2c1C([2H])([2H])N(C1C(=O)NC(=O)C([2H])([2H])C1([2H])[2H])C2=O)c1ccccc1C([2H])([2H])N1CCOCC1. The second-order valence-electron chi connectivity index (χ2n) is 7.51. The number of piperidine rings is 1. The third-order valence-electron chi connectivity index (χ3n) is 5.36. The van der Waals surface area contributed by atoms with Gasteiger partial charge in [0.05, 0.1) is 18.7 Å². The first-order chi connectivity index (χ1) is 19.9. The summed E-state index contributed by atoms with van der Waals surface area (Å²) in [6, 6.07) is 7.34. The molecule has 3 aliphatic rings. The monoisotopic (exact) mass is 458 g/mol. The Labute approximate surface area is 206 Å². The van der Waals surface area contributed by atoms with Crippen LogP contribution >= 0.6 is 0 Å². The lowest BCUT2D eigenvalue weighted by atomic mass is 10.0. The zero-order valence-electron chi connectivity index (χ0n) is 27.5. The minimum atomic E-state index is -3.33. The van der Waals surface area contributed by atoms with Gasteiger partial charge in [-0.1, -0.05) is 30.3 Å². The topological polar surface area (TPSA) is 91.0 Å². The van der Waals surface area contributed by atoms with Crippen LogP contribution < -0.4 is 10.6 Å². The molecule has 2 fully saturated rings. The molecule has 8 heteroatoms. The summed E-state index contributed by atoms with van der Waals surface area (Å²) in [7, 11) is 0. The smallest absolute Gasteiger partial charge is 0.255 e. The molecule has 0 spiro atoms. The van der Waals surface area contributed by atoms with Crippen LogP contribution in [0.25, 0.3) is 0 Å². The summed E-state index contributed by atoms with van der Waals surface area (Å²) in [6.07, 6.45) is -6.62. The van der Waals surface area contributed by atoms with Gasteiger partial charge in [0.2, 0.25) is 11.8 Å². The molecule has 0 radical (unpaired) electrons. The number of nitrogens with zero attached hydrogens (tertiary/aromatic N) is 2. The highest BCUT2D eigenvalue weighted by Crippen LogP contribution is 2.32. The molecule has 3 aliphatic heterocycles. The van der Waals surface area contributed by atoms with Gasteiger partial charge in [0.15, 0.2) is 0 Å². The van der Waals surface area contributed by atoms with Crippen LogP contribution in [0.1, 0.15) is 53.5 Å². The Morgan fingerprint density at radius 1 is 1.09 bits per heavy atom. The van der Waals surface area contributed by atoms with E-state index in [-0.39, 0.29) is 40.4 Å². The first kappa shape index (κ1) is 12.9. The number of amides is 3. The van der Waals surface area contributed by atoms with Crippen molar-refractivity contribution in [2.75, 3.05) is 31.6 Å². The van der Waals surface area contributed by atoms with Gasteiger partial charge in [-0.15, -0.1) is 0 Å². The van der Waals surface area contributed by atoms with Crippen molar-refractivity contribution in [3.8, 4) is 0 Å². The highest BCUT2D eigenvalue weighted by molar-refractivity contribution is 6.06. The third-order valence-corrected chi connectivity index (χ3v) is 5.36. The fourth-order valence-corrected chi connectivity index (χ4v) is 3.70. The number of imide groups is 1. The maximum atomic E-state index is 13.5. The molecule has 1 atom stereocenters. The molecule has 8 nitrogen and oxygen atoms in total. The molecular formula is C25H28N4O4. The average molecular weight is 459 g/mol. The molecule has 172 valence electrons. The lowest BCUT2D eigenvalue weighted by Gasteiger charge is -2.29. The molecule has 5 rings (SSSR count). The molecule has 2 aromatic carbocycles. The number of fused-ring (bicyclic) bond motifs is 1. The second kappa shape index (κ2) is 9.33. The fourth-order valence-electron chi connectivity index (χ4n) is 3.70. The van der Waals surface area contributed by atoms with E-state index in [2.05, 4.69) is 5.32 Å². The maximum absolute atomic E-state index is 13.5. The van der Waals surface area contributed by atoms with Crippen molar-refractivity contribution in [2.45, 2.75) is 38.3 Å². The zero-order chi connectivity index (χ0) is 31.8. The van der Waals surface area contributed by atoms with Gasteiger partial charge in [0.1, 0.15) is 6.04 Å². The standard InChI is InChI=1S/C25H28N4O4/c30-23-9-8-22(24(31)27-23)29-16-20-19(25(29)32)6-3-7-21(20)26-14-17-4-1-2-5-18(17)15-28-10-12-33-13-11-28/h1-7,22,26H,8-16H2,(H,27,30,31)/i8D2,9D2,14D2,15D2,16D2. The van der Waals surface area contributed by atoms with Gasteiger partial charge in [-0.25, -0.2) is 0 Å². The van der Waals surface area contributed by atoms with E-state index in [0.717, 1.165) is 0 Å². The molecule has 2 aromatic rings. The van der Waals surface area contributed by atoms with Crippen LogP contribution in [0.5, 0.6) is 0 Å². The van der Waals surface area contributed by atoms with Crippen LogP contribution in [0.4, 0.5) is 5.69 Å². The van der Waals surface area contributed by atoms with Crippen LogP contribution in [-0.2, 0) is 33.8 Å². The number of hydrogen-bond donors (Lipinski definition) is 2. The number of nitrogens with one attached hydrogen (secondary N) is 2. The van der Waals surface area contributed by atoms with Gasteiger partial charge in [-0.2, -0.15) is 0 Å². The minimum absolute atomic E-state index is 0.0154. The molecule has 33 heavy (non-hydrogen) atoms. The van der Waals surface area contributed by atoms with Crippen molar-refractivity contribution in [1.82, 2.24) is 15.1 Å². The van der Waals surface area contributed by atoms with Gasteiger partial charge in [0, 0.05) is 64.0 Å². The Balaban J connectivity index is 1.55. The van der Waals surface area contributed by atoms with Crippen LogP contribution in [0, 0.1) is 0 Å². The van der Waals surface area contributed by atoms with E-state index < -0.39 is 61.6 Å². The molecule has 0 aliphatic carbocycles. The van der Waals surface area contributed by atoms with Crippen molar-refractivity contribution in [3.63, 3.8) is 0 Å². The van der Waals surface area contributed by atoms with E-state index in [0.29, 0.717) is 13.2 Å². The minimum Gasteiger partial charge on any atom is -0.381 e. The van der Waals surface area contributed by atoms with Crippen molar-refractivity contribution in [3.05, 3.63) is 64.7 Å². The molecule has 3 amide bonds. The highest BCUT2D eigenvalue weighted by atomic mass is 16.5. The number of hydrogen-bond acceptors (Lipinski definition) is 6. The number of ether oxygens (including phenoxy) is 1. The summed E-state index contributed by atoms with van der Waals surface area (Å²) in [5.74, 6) is -4.13. The lowest BCUT2D eigenvalue weighted by molar-refractivity contribution is -0.136. The molecule has 0 saturated carbocycles. The van der Waals surface area contributed by atoms with Crippen molar-refractivity contribution in [2.24, 2.45) is 0 Å². The Kier molecular flexibility index (Phi) is 3.64. The first-order valence-electron chi connectivity index (χ1n) is 15.4. The van der Waals surface area contributed by atoms with E-state index >= 15 is 0 Å². The van der Waals surface area contributed by atoms with E-state index in [1.54, 1.807) is 11.4 Å². The van der Waals surface area contributed by atoms with Crippen LogP contribution in [0.3, 0.4) is 0 Å². The van der Waals surface area contributed by atoms with E-state index in [1.807, 2.05) is 0 Å². The van der Waals surface area contributed by atoms with Crippen molar-refractivity contribution >= 4 is 23.4 Å². The zero-order valence-corrected chi connectivity index (χ0v) is 17.5. The first-order valence-corrected chi connectivity index (χ1v) is 10.4. The Hall–Kier alpha value is -3.23. The van der Waals surface area contributed by atoms with Gasteiger partial charge < -0.3 is 15.0 Å². The van der Waals surface area contributed by atoms with Gasteiger partial charge in [-0.05, 0) is 29.6 Å². The van der Waals surface area contributed by atoms with Crippen LogP contribution in [-0.4, -0.2) is 59.9 Å². The fraction of sp³-hybridized carbons (Fsp3) is 0.400. The molecule has 2 N–H and O–H groups in total. The summed E-state index contributed by atoms with van der Waals surface area (Å²) in [4.78, 5) is 40.2. The van der Waals surface area contributed by atoms with Crippen molar-refractivity contribution in [1.29, 1.82) is 0 Å². The van der Waals surface area contributed by atoms with Gasteiger partial charge >= 0.3 is 0 Å². The molecule has 0 aromatic heterocycles. The quantitative estimate of drug-likeness (QED) is 0.643. The average Bonchev–Trinajstić information content (AvgIpc) is 3.14. The lowest BCUT2D eigenvalue weighted by Crippen LogP contribution is -2.52. The summed E-state index contributed by atoms with van der Waals surface area (Å²) in [5.41, 5.74) is -1.08. The number of carbonyl (C=O) groups excluding carboxylic acids is 3. The third kappa shape index (κ3) is 4.49.